The fourth-order valence-electron chi connectivity index (χ4n) is 1.77. The topological polar surface area (TPSA) is 3.24 Å². The summed E-state index contributed by atoms with van der Waals surface area (Å²) in [6.45, 7) is 5.08. The lowest BCUT2D eigenvalue weighted by atomic mass is 10.3. The highest BCUT2D eigenvalue weighted by atomic mass is 127. The summed E-state index contributed by atoms with van der Waals surface area (Å²) in [6.07, 6.45) is 0. The van der Waals surface area contributed by atoms with Gasteiger partial charge in [-0.05, 0) is 17.8 Å². The minimum atomic E-state index is 1.06. The SMILES string of the molecule is C[C@H]1[C@H]2CN(I)C[C@@H]12. The predicted octanol–water partition coefficient (Wildman–Crippen LogP) is 1.53. The molecule has 0 aromatic rings. The van der Waals surface area contributed by atoms with Crippen molar-refractivity contribution in [2.45, 2.75) is 6.92 Å². The molecule has 0 amide bonds. The maximum atomic E-state index is 2.42. The maximum absolute atomic E-state index is 2.42. The van der Waals surface area contributed by atoms with E-state index in [0.717, 1.165) is 17.8 Å². The highest BCUT2D eigenvalue weighted by Crippen LogP contribution is 2.51. The van der Waals surface area contributed by atoms with Crippen LogP contribution in [0.15, 0.2) is 0 Å². The Bertz CT molecular complexity index is 103. The van der Waals surface area contributed by atoms with Crippen LogP contribution >= 0.6 is 22.9 Å². The van der Waals surface area contributed by atoms with E-state index in [9.17, 15) is 0 Å². The van der Waals surface area contributed by atoms with Crippen LogP contribution in [0, 0.1) is 17.8 Å². The maximum Gasteiger partial charge on any atom is 0.0201 e. The van der Waals surface area contributed by atoms with E-state index in [-0.39, 0.29) is 0 Å². The Morgan fingerprint density at radius 1 is 1.38 bits per heavy atom. The third-order valence-electron chi connectivity index (χ3n) is 2.58. The van der Waals surface area contributed by atoms with Gasteiger partial charge in [0.15, 0.2) is 0 Å². The summed E-state index contributed by atoms with van der Waals surface area (Å²) in [5.74, 6) is 3.21. The fourth-order valence-corrected chi connectivity index (χ4v) is 2.68. The van der Waals surface area contributed by atoms with E-state index in [4.69, 9.17) is 0 Å². The van der Waals surface area contributed by atoms with Crippen molar-refractivity contribution < 1.29 is 0 Å². The molecule has 2 heteroatoms. The molecule has 0 unspecified atom stereocenters. The molecule has 0 radical (unpaired) electrons. The van der Waals surface area contributed by atoms with Crippen LogP contribution in [0.4, 0.5) is 0 Å². The second-order valence-electron chi connectivity index (χ2n) is 3.01. The van der Waals surface area contributed by atoms with Gasteiger partial charge in [-0.2, -0.15) is 0 Å². The summed E-state index contributed by atoms with van der Waals surface area (Å²) < 4.78 is 2.41. The molecular weight excluding hydrogens is 213 g/mol. The lowest BCUT2D eigenvalue weighted by molar-refractivity contribution is 0.508. The van der Waals surface area contributed by atoms with Crippen molar-refractivity contribution in [1.29, 1.82) is 0 Å². The highest BCUT2D eigenvalue weighted by molar-refractivity contribution is 14.1. The van der Waals surface area contributed by atoms with Gasteiger partial charge >= 0.3 is 0 Å². The smallest absolute Gasteiger partial charge is 0.0201 e. The zero-order chi connectivity index (χ0) is 5.72. The number of hydrogen-bond acceptors (Lipinski definition) is 1. The molecule has 1 heterocycles. The van der Waals surface area contributed by atoms with Crippen LogP contribution < -0.4 is 0 Å². The van der Waals surface area contributed by atoms with Crippen LogP contribution in [-0.2, 0) is 0 Å². The van der Waals surface area contributed by atoms with Gasteiger partial charge in [-0.3, -0.25) is 0 Å². The number of fused-ring (bicyclic) bond motifs is 1. The van der Waals surface area contributed by atoms with E-state index in [1.165, 1.54) is 13.1 Å². The molecule has 1 aliphatic carbocycles. The van der Waals surface area contributed by atoms with Gasteiger partial charge in [-0.15, -0.1) is 0 Å². The first-order valence-corrected chi connectivity index (χ1v) is 4.16. The minimum Gasteiger partial charge on any atom is -0.247 e. The Kier molecular flexibility index (Phi) is 1.09. The number of nitrogens with zero attached hydrogens (tertiary/aromatic N) is 1. The number of rotatable bonds is 0. The highest BCUT2D eigenvalue weighted by Gasteiger charge is 2.51. The first kappa shape index (κ1) is 5.47. The van der Waals surface area contributed by atoms with E-state index >= 15 is 0 Å². The molecule has 1 nitrogen and oxygen atoms in total. The number of piperidine rings is 1. The molecule has 8 heavy (non-hydrogen) atoms. The average molecular weight is 223 g/mol. The van der Waals surface area contributed by atoms with Crippen LogP contribution in [0.1, 0.15) is 6.92 Å². The van der Waals surface area contributed by atoms with Gasteiger partial charge in [0.25, 0.3) is 0 Å². The second-order valence-corrected chi connectivity index (χ2v) is 4.38. The number of hydrogen-bond donors (Lipinski definition) is 0. The molecule has 2 fully saturated rings. The van der Waals surface area contributed by atoms with E-state index in [1.54, 1.807) is 0 Å². The molecule has 1 aliphatic heterocycles. The molecular formula is C6H10IN. The van der Waals surface area contributed by atoms with E-state index in [1.807, 2.05) is 0 Å². The summed E-state index contributed by atoms with van der Waals surface area (Å²) in [5, 5.41) is 0. The molecule has 0 aromatic heterocycles. The van der Waals surface area contributed by atoms with Crippen molar-refractivity contribution in [2.24, 2.45) is 17.8 Å². The third kappa shape index (κ3) is 0.620. The predicted molar refractivity (Wildman–Crippen MR) is 41.7 cm³/mol. The molecule has 0 bridgehead atoms. The molecule has 0 spiro atoms. The third-order valence-corrected chi connectivity index (χ3v) is 3.37. The van der Waals surface area contributed by atoms with Gasteiger partial charge in [0.2, 0.25) is 0 Å². The fraction of sp³-hybridized carbons (Fsp3) is 1.00. The van der Waals surface area contributed by atoms with Crippen LogP contribution in [0.2, 0.25) is 0 Å². The first-order chi connectivity index (χ1) is 3.79. The minimum absolute atomic E-state index is 1.06. The standard InChI is InChI=1S/C6H10IN/c1-4-5-2-8(7)3-6(4)5/h4-6H,2-3H2,1H3/t4-,5+,6-. The summed E-state index contributed by atoms with van der Waals surface area (Å²) in [6, 6.07) is 0. The molecule has 2 rings (SSSR count). The second kappa shape index (κ2) is 1.59. The lowest BCUT2D eigenvalue weighted by Gasteiger charge is -2.06. The number of halogens is 1. The Labute approximate surface area is 63.9 Å². The van der Waals surface area contributed by atoms with E-state index in [2.05, 4.69) is 32.9 Å². The monoisotopic (exact) mass is 223 g/mol. The molecule has 1 saturated carbocycles. The van der Waals surface area contributed by atoms with Crippen molar-refractivity contribution in [3.63, 3.8) is 0 Å². The molecule has 46 valence electrons. The zero-order valence-corrected chi connectivity index (χ0v) is 7.13. The first-order valence-electron chi connectivity index (χ1n) is 3.20. The van der Waals surface area contributed by atoms with Crippen molar-refractivity contribution >= 4 is 22.9 Å². The van der Waals surface area contributed by atoms with E-state index in [0.29, 0.717) is 0 Å². The molecule has 0 aromatic carbocycles. The molecule has 3 atom stereocenters. The van der Waals surface area contributed by atoms with Crippen LogP contribution in [0.25, 0.3) is 0 Å². The van der Waals surface area contributed by atoms with Gasteiger partial charge in [-0.25, -0.2) is 3.11 Å². The van der Waals surface area contributed by atoms with Crippen molar-refractivity contribution in [3.8, 4) is 0 Å². The van der Waals surface area contributed by atoms with Gasteiger partial charge in [0.1, 0.15) is 0 Å². The normalized spacial score (nSPS) is 54.0. The Hall–Kier alpha value is 0.690. The zero-order valence-electron chi connectivity index (χ0n) is 4.97. The molecule has 2 aliphatic rings. The summed E-state index contributed by atoms with van der Waals surface area (Å²) in [4.78, 5) is 0. The van der Waals surface area contributed by atoms with Crippen LogP contribution in [-0.4, -0.2) is 16.2 Å². The Balaban J connectivity index is 2.00. The van der Waals surface area contributed by atoms with Crippen molar-refractivity contribution in [3.05, 3.63) is 0 Å². The van der Waals surface area contributed by atoms with Gasteiger partial charge in [0, 0.05) is 36.0 Å². The Morgan fingerprint density at radius 3 is 2.25 bits per heavy atom. The average Bonchev–Trinajstić information content (AvgIpc) is 2.29. The largest absolute Gasteiger partial charge is 0.247 e. The van der Waals surface area contributed by atoms with Crippen LogP contribution in [0.5, 0.6) is 0 Å². The molecule has 1 saturated heterocycles. The molecule has 0 N–H and O–H groups in total. The lowest BCUT2D eigenvalue weighted by Crippen LogP contribution is -2.10. The summed E-state index contributed by atoms with van der Waals surface area (Å²) in [7, 11) is 0. The van der Waals surface area contributed by atoms with Gasteiger partial charge < -0.3 is 0 Å². The summed E-state index contributed by atoms with van der Waals surface area (Å²) >= 11 is 2.42. The van der Waals surface area contributed by atoms with Gasteiger partial charge in [0.05, 0.1) is 0 Å². The van der Waals surface area contributed by atoms with Crippen LogP contribution in [0.3, 0.4) is 0 Å². The summed E-state index contributed by atoms with van der Waals surface area (Å²) in [5.41, 5.74) is 0. The van der Waals surface area contributed by atoms with Crippen molar-refractivity contribution in [2.75, 3.05) is 13.1 Å². The van der Waals surface area contributed by atoms with Crippen molar-refractivity contribution in [1.82, 2.24) is 3.11 Å². The van der Waals surface area contributed by atoms with E-state index < -0.39 is 0 Å². The van der Waals surface area contributed by atoms with Gasteiger partial charge in [-0.1, -0.05) is 6.92 Å². The Morgan fingerprint density at radius 2 is 1.88 bits per heavy atom. The quantitative estimate of drug-likeness (QED) is 0.444.